The maximum absolute atomic E-state index is 10.9. The lowest BCUT2D eigenvalue weighted by molar-refractivity contribution is -0.138. The molecule has 0 saturated carbocycles. The first-order chi connectivity index (χ1) is 7.88. The summed E-state index contributed by atoms with van der Waals surface area (Å²) in [5, 5.41) is 8.97. The molecule has 1 aromatic carbocycles. The van der Waals surface area contributed by atoms with Gasteiger partial charge in [-0.3, -0.25) is 4.79 Å². The molecule has 0 bridgehead atoms. The smallest absolute Gasteiger partial charge is 0.304 e. The van der Waals surface area contributed by atoms with Crippen molar-refractivity contribution in [2.24, 2.45) is 0 Å². The Balaban J connectivity index is 3.16. The third-order valence-electron chi connectivity index (χ3n) is 3.07. The highest BCUT2D eigenvalue weighted by atomic mass is 16.5. The third-order valence-corrected chi connectivity index (χ3v) is 3.07. The molecule has 17 heavy (non-hydrogen) atoms. The fourth-order valence-electron chi connectivity index (χ4n) is 2.07. The third kappa shape index (κ3) is 3.30. The maximum Gasteiger partial charge on any atom is 0.304 e. The molecule has 0 aliphatic heterocycles. The molecule has 0 radical (unpaired) electrons. The van der Waals surface area contributed by atoms with Crippen molar-refractivity contribution in [1.29, 1.82) is 0 Å². The molecule has 3 heteroatoms. The minimum absolute atomic E-state index is 0.0285. The summed E-state index contributed by atoms with van der Waals surface area (Å²) in [5.41, 5.74) is 1.70. The Kier molecular flexibility index (Phi) is 4.29. The first kappa shape index (κ1) is 13.7. The molecule has 0 amide bonds. The van der Waals surface area contributed by atoms with E-state index in [-0.39, 0.29) is 12.5 Å². The van der Waals surface area contributed by atoms with Crippen LogP contribution in [0.3, 0.4) is 0 Å². The van der Waals surface area contributed by atoms with Crippen molar-refractivity contribution in [1.82, 2.24) is 0 Å². The van der Waals surface area contributed by atoms with Crippen LogP contribution in [-0.2, 0) is 14.9 Å². The summed E-state index contributed by atoms with van der Waals surface area (Å²) >= 11 is 0. The zero-order valence-electron chi connectivity index (χ0n) is 10.9. The quantitative estimate of drug-likeness (QED) is 0.854. The van der Waals surface area contributed by atoms with Crippen LogP contribution in [0.2, 0.25) is 0 Å². The second kappa shape index (κ2) is 5.32. The summed E-state index contributed by atoms with van der Waals surface area (Å²) in [6.07, 6.45) is 0.0831. The Morgan fingerprint density at radius 1 is 1.41 bits per heavy atom. The number of aliphatic carboxylic acids is 1. The minimum Gasteiger partial charge on any atom is -0.481 e. The van der Waals surface area contributed by atoms with E-state index in [0.29, 0.717) is 0 Å². The molecular weight excluding hydrogens is 216 g/mol. The van der Waals surface area contributed by atoms with Gasteiger partial charge < -0.3 is 9.84 Å². The molecule has 0 aliphatic rings. The molecule has 0 spiro atoms. The monoisotopic (exact) mass is 236 g/mol. The van der Waals surface area contributed by atoms with E-state index in [2.05, 4.69) is 0 Å². The summed E-state index contributed by atoms with van der Waals surface area (Å²) in [5.74, 6) is -0.783. The SMILES string of the molecule is COC(C)c1ccccc1C(C)(C)CC(=O)O. The molecule has 0 saturated heterocycles. The lowest BCUT2D eigenvalue weighted by atomic mass is 9.78. The van der Waals surface area contributed by atoms with E-state index in [0.717, 1.165) is 11.1 Å². The zero-order valence-corrected chi connectivity index (χ0v) is 10.9. The number of rotatable bonds is 5. The number of benzene rings is 1. The highest BCUT2D eigenvalue weighted by Gasteiger charge is 2.27. The van der Waals surface area contributed by atoms with Crippen LogP contribution in [0.5, 0.6) is 0 Å². The first-order valence-electron chi connectivity index (χ1n) is 5.72. The fourth-order valence-corrected chi connectivity index (χ4v) is 2.07. The van der Waals surface area contributed by atoms with E-state index in [1.54, 1.807) is 7.11 Å². The lowest BCUT2D eigenvalue weighted by Crippen LogP contribution is -2.24. The Morgan fingerprint density at radius 3 is 2.53 bits per heavy atom. The maximum atomic E-state index is 10.9. The van der Waals surface area contributed by atoms with Gasteiger partial charge in [-0.1, -0.05) is 38.1 Å². The van der Waals surface area contributed by atoms with E-state index >= 15 is 0 Å². The standard InChI is InChI=1S/C14H20O3/c1-10(17-4)11-7-5-6-8-12(11)14(2,3)9-13(15)16/h5-8,10H,9H2,1-4H3,(H,15,16). The Labute approximate surface area is 102 Å². The number of carbonyl (C=O) groups is 1. The van der Waals surface area contributed by atoms with Gasteiger partial charge in [0.1, 0.15) is 0 Å². The molecule has 3 nitrogen and oxygen atoms in total. The number of ether oxygens (including phenoxy) is 1. The second-order valence-electron chi connectivity index (χ2n) is 4.92. The number of carboxylic acid groups (broad SMARTS) is 1. The highest BCUT2D eigenvalue weighted by Crippen LogP contribution is 2.33. The van der Waals surface area contributed by atoms with Crippen LogP contribution >= 0.6 is 0 Å². The van der Waals surface area contributed by atoms with Crippen molar-refractivity contribution in [2.45, 2.75) is 38.7 Å². The van der Waals surface area contributed by atoms with E-state index < -0.39 is 11.4 Å². The Hall–Kier alpha value is -1.35. The van der Waals surface area contributed by atoms with Crippen LogP contribution in [0, 0.1) is 0 Å². The van der Waals surface area contributed by atoms with Crippen LogP contribution in [-0.4, -0.2) is 18.2 Å². The Morgan fingerprint density at radius 2 is 2.00 bits per heavy atom. The van der Waals surface area contributed by atoms with Crippen molar-refractivity contribution in [3.8, 4) is 0 Å². The van der Waals surface area contributed by atoms with Gasteiger partial charge in [-0.25, -0.2) is 0 Å². The van der Waals surface area contributed by atoms with E-state index in [9.17, 15) is 4.79 Å². The average molecular weight is 236 g/mol. The summed E-state index contributed by atoms with van der Waals surface area (Å²) in [6, 6.07) is 7.86. The fraction of sp³-hybridized carbons (Fsp3) is 0.500. The van der Waals surface area contributed by atoms with E-state index in [1.165, 1.54) is 0 Å². The van der Waals surface area contributed by atoms with Gasteiger partial charge in [-0.05, 0) is 18.1 Å². The molecule has 94 valence electrons. The van der Waals surface area contributed by atoms with E-state index in [1.807, 2.05) is 45.0 Å². The van der Waals surface area contributed by atoms with Gasteiger partial charge in [-0.15, -0.1) is 0 Å². The number of hydrogen-bond acceptors (Lipinski definition) is 2. The van der Waals surface area contributed by atoms with Gasteiger partial charge in [0.15, 0.2) is 0 Å². The van der Waals surface area contributed by atoms with Gasteiger partial charge in [0.25, 0.3) is 0 Å². The van der Waals surface area contributed by atoms with Crippen LogP contribution in [0.15, 0.2) is 24.3 Å². The molecule has 1 unspecified atom stereocenters. The van der Waals surface area contributed by atoms with Crippen molar-refractivity contribution >= 4 is 5.97 Å². The number of hydrogen-bond donors (Lipinski definition) is 1. The van der Waals surface area contributed by atoms with E-state index in [4.69, 9.17) is 9.84 Å². The van der Waals surface area contributed by atoms with Crippen molar-refractivity contribution in [3.63, 3.8) is 0 Å². The Bertz CT molecular complexity index is 396. The number of methoxy groups -OCH3 is 1. The van der Waals surface area contributed by atoms with Gasteiger partial charge >= 0.3 is 5.97 Å². The summed E-state index contributed by atoms with van der Waals surface area (Å²) in [6.45, 7) is 5.86. The van der Waals surface area contributed by atoms with Crippen molar-refractivity contribution in [2.75, 3.05) is 7.11 Å². The molecule has 1 rings (SSSR count). The lowest BCUT2D eigenvalue weighted by Gasteiger charge is -2.28. The predicted octanol–water partition coefficient (Wildman–Crippen LogP) is 3.15. The molecule has 1 aromatic rings. The normalized spacial score (nSPS) is 13.4. The van der Waals surface area contributed by atoms with Gasteiger partial charge in [-0.2, -0.15) is 0 Å². The summed E-state index contributed by atoms with van der Waals surface area (Å²) in [7, 11) is 1.66. The highest BCUT2D eigenvalue weighted by molar-refractivity contribution is 5.69. The largest absolute Gasteiger partial charge is 0.481 e. The van der Waals surface area contributed by atoms with Crippen LogP contribution in [0.25, 0.3) is 0 Å². The molecule has 0 fully saturated rings. The predicted molar refractivity (Wildman–Crippen MR) is 67.1 cm³/mol. The van der Waals surface area contributed by atoms with Crippen LogP contribution in [0.4, 0.5) is 0 Å². The van der Waals surface area contributed by atoms with Gasteiger partial charge in [0.2, 0.25) is 0 Å². The summed E-state index contributed by atoms with van der Waals surface area (Å²) in [4.78, 5) is 10.9. The minimum atomic E-state index is -0.783. The van der Waals surface area contributed by atoms with Crippen molar-refractivity contribution < 1.29 is 14.6 Å². The van der Waals surface area contributed by atoms with Crippen LogP contribution < -0.4 is 0 Å². The topological polar surface area (TPSA) is 46.5 Å². The van der Waals surface area contributed by atoms with Crippen LogP contribution in [0.1, 0.15) is 44.4 Å². The first-order valence-corrected chi connectivity index (χ1v) is 5.72. The second-order valence-corrected chi connectivity index (χ2v) is 4.92. The molecule has 1 atom stereocenters. The average Bonchev–Trinajstić information content (AvgIpc) is 2.26. The molecule has 0 aliphatic carbocycles. The number of carboxylic acids is 1. The molecule has 0 aromatic heterocycles. The van der Waals surface area contributed by atoms with Gasteiger partial charge in [0, 0.05) is 12.5 Å². The zero-order chi connectivity index (χ0) is 13.1. The van der Waals surface area contributed by atoms with Crippen molar-refractivity contribution in [3.05, 3.63) is 35.4 Å². The summed E-state index contributed by atoms with van der Waals surface area (Å²) < 4.78 is 5.33. The van der Waals surface area contributed by atoms with Gasteiger partial charge in [0.05, 0.1) is 12.5 Å². The molecular formula is C14H20O3. The molecule has 1 N–H and O–H groups in total. The molecule has 0 heterocycles.